The molecule has 186 valence electrons. The molecule has 35 heavy (non-hydrogen) atoms. The number of fused-ring (bicyclic) bond motifs is 1. The molecule has 1 saturated heterocycles. The van der Waals surface area contributed by atoms with Crippen molar-refractivity contribution in [2.45, 2.75) is 36.9 Å². The lowest BCUT2D eigenvalue weighted by molar-refractivity contribution is -0.146. The van der Waals surface area contributed by atoms with Gasteiger partial charge in [0.1, 0.15) is 6.10 Å². The topological polar surface area (TPSA) is 119 Å². The van der Waals surface area contributed by atoms with Crippen molar-refractivity contribution in [2.75, 3.05) is 18.0 Å². The second kappa shape index (κ2) is 9.20. The first-order chi connectivity index (χ1) is 16.7. The van der Waals surface area contributed by atoms with Gasteiger partial charge in [-0.2, -0.15) is 18.2 Å². The molecular formula is C20H19F3N6O4S2. The molecule has 2 unspecified atom stereocenters. The maximum Gasteiger partial charge on any atom is 0.455 e. The van der Waals surface area contributed by atoms with Crippen LogP contribution < -0.4 is 9.64 Å². The highest BCUT2D eigenvalue weighted by Crippen LogP contribution is 2.32. The maximum atomic E-state index is 12.7. The van der Waals surface area contributed by atoms with Crippen molar-refractivity contribution in [3.05, 3.63) is 36.3 Å². The summed E-state index contributed by atoms with van der Waals surface area (Å²) < 4.78 is 70.8. The molecule has 1 aliphatic heterocycles. The van der Waals surface area contributed by atoms with E-state index in [0.717, 1.165) is 5.56 Å². The molecule has 10 nitrogen and oxygen atoms in total. The first-order valence-corrected chi connectivity index (χ1v) is 12.5. The fourth-order valence-corrected chi connectivity index (χ4v) is 5.07. The molecule has 3 aromatic heterocycles. The molecule has 1 aromatic carbocycles. The van der Waals surface area contributed by atoms with Crippen molar-refractivity contribution in [3.8, 4) is 16.5 Å². The zero-order chi connectivity index (χ0) is 24.7. The molecule has 15 heteroatoms. The van der Waals surface area contributed by atoms with Gasteiger partial charge in [-0.05, 0) is 54.3 Å². The van der Waals surface area contributed by atoms with E-state index in [-0.39, 0.29) is 18.0 Å². The lowest BCUT2D eigenvalue weighted by Crippen LogP contribution is -2.38. The number of alkyl halides is 3. The number of halogens is 3. The Morgan fingerprint density at radius 1 is 1.23 bits per heavy atom. The zero-order valence-electron chi connectivity index (χ0n) is 18.2. The summed E-state index contributed by atoms with van der Waals surface area (Å²) in [4.78, 5) is 10.6. The van der Waals surface area contributed by atoms with Crippen LogP contribution >= 0.6 is 11.3 Å². The van der Waals surface area contributed by atoms with E-state index < -0.39 is 23.1 Å². The van der Waals surface area contributed by atoms with Crippen LogP contribution in [0.5, 0.6) is 5.19 Å². The molecule has 0 saturated carbocycles. The first-order valence-electron chi connectivity index (χ1n) is 10.6. The van der Waals surface area contributed by atoms with Gasteiger partial charge in [0.05, 0.1) is 16.8 Å². The number of piperidine rings is 1. The SMILES string of the molecule is CC(Oc1nn2cc(-c3ccc(S(=O)O)cc3)nc2s1)C1CCN(c2nc(C(F)(F)F)no2)CC1. The Balaban J connectivity index is 1.18. The smallest absolute Gasteiger partial charge is 0.455 e. The van der Waals surface area contributed by atoms with E-state index in [2.05, 4.69) is 20.2 Å². The number of aromatic nitrogens is 5. The number of nitrogens with zero attached hydrogens (tertiary/aromatic N) is 6. The lowest BCUT2D eigenvalue weighted by atomic mass is 9.92. The van der Waals surface area contributed by atoms with Crippen LogP contribution in [0.2, 0.25) is 0 Å². The van der Waals surface area contributed by atoms with E-state index >= 15 is 0 Å². The highest BCUT2D eigenvalue weighted by molar-refractivity contribution is 7.79. The number of hydrogen-bond acceptors (Lipinski definition) is 9. The molecule has 1 N–H and O–H groups in total. The largest absolute Gasteiger partial charge is 0.466 e. The van der Waals surface area contributed by atoms with Crippen molar-refractivity contribution in [1.29, 1.82) is 0 Å². The van der Waals surface area contributed by atoms with Crippen molar-refractivity contribution in [2.24, 2.45) is 5.92 Å². The Labute approximate surface area is 203 Å². The molecule has 4 aromatic rings. The molecule has 0 bridgehead atoms. The van der Waals surface area contributed by atoms with Crippen LogP contribution in [0, 0.1) is 5.92 Å². The second-order valence-corrected chi connectivity index (χ2v) is 9.93. The summed E-state index contributed by atoms with van der Waals surface area (Å²) in [7, 11) is 0. The summed E-state index contributed by atoms with van der Waals surface area (Å²) in [5, 5.41) is 7.91. The third kappa shape index (κ3) is 5.01. The number of rotatable bonds is 6. The van der Waals surface area contributed by atoms with Crippen LogP contribution in [0.1, 0.15) is 25.6 Å². The molecule has 0 aliphatic carbocycles. The van der Waals surface area contributed by atoms with Gasteiger partial charge < -0.3 is 18.7 Å². The zero-order valence-corrected chi connectivity index (χ0v) is 19.8. The Morgan fingerprint density at radius 2 is 1.94 bits per heavy atom. The lowest BCUT2D eigenvalue weighted by Gasteiger charge is -2.33. The molecule has 0 amide bonds. The Morgan fingerprint density at radius 3 is 2.54 bits per heavy atom. The van der Waals surface area contributed by atoms with Gasteiger partial charge in [-0.25, -0.2) is 13.7 Å². The van der Waals surface area contributed by atoms with Gasteiger partial charge >= 0.3 is 12.2 Å². The third-order valence-corrected chi connectivity index (χ3v) is 7.29. The number of benzene rings is 1. The van der Waals surface area contributed by atoms with Crippen molar-refractivity contribution in [3.63, 3.8) is 0 Å². The fraction of sp³-hybridized carbons (Fsp3) is 0.400. The van der Waals surface area contributed by atoms with Crippen molar-refractivity contribution < 1.29 is 31.2 Å². The van der Waals surface area contributed by atoms with E-state index in [9.17, 15) is 17.4 Å². The Bertz CT molecular complexity index is 1310. The van der Waals surface area contributed by atoms with Crippen LogP contribution in [-0.4, -0.2) is 52.7 Å². The van der Waals surface area contributed by atoms with Crippen molar-refractivity contribution >= 4 is 33.4 Å². The average molecular weight is 529 g/mol. The van der Waals surface area contributed by atoms with E-state index in [1.165, 1.54) is 11.3 Å². The van der Waals surface area contributed by atoms with Gasteiger partial charge in [0, 0.05) is 18.7 Å². The predicted octanol–water partition coefficient (Wildman–Crippen LogP) is 4.12. The van der Waals surface area contributed by atoms with E-state index in [1.807, 2.05) is 6.92 Å². The molecule has 0 spiro atoms. The summed E-state index contributed by atoms with van der Waals surface area (Å²) in [6.07, 6.45) is -1.67. The van der Waals surface area contributed by atoms with Gasteiger partial charge in [0.25, 0.3) is 11.0 Å². The van der Waals surface area contributed by atoms with E-state index in [1.54, 1.807) is 39.9 Å². The molecule has 1 aliphatic rings. The highest BCUT2D eigenvalue weighted by Gasteiger charge is 2.38. The number of ether oxygens (including phenoxy) is 1. The van der Waals surface area contributed by atoms with Crippen LogP contribution in [0.3, 0.4) is 0 Å². The Kier molecular flexibility index (Phi) is 6.23. The minimum absolute atomic E-state index is 0.124. The van der Waals surface area contributed by atoms with Gasteiger partial charge in [0.15, 0.2) is 11.1 Å². The average Bonchev–Trinajstić information content (AvgIpc) is 3.54. The van der Waals surface area contributed by atoms with Gasteiger partial charge in [-0.15, -0.1) is 5.10 Å². The summed E-state index contributed by atoms with van der Waals surface area (Å²) in [5.41, 5.74) is 1.48. The molecular weight excluding hydrogens is 509 g/mol. The van der Waals surface area contributed by atoms with Gasteiger partial charge in [0.2, 0.25) is 4.96 Å². The fourth-order valence-electron chi connectivity index (χ4n) is 3.89. The number of hydrogen-bond donors (Lipinski definition) is 1. The molecule has 0 radical (unpaired) electrons. The summed E-state index contributed by atoms with van der Waals surface area (Å²) in [6, 6.07) is 6.46. The van der Waals surface area contributed by atoms with E-state index in [0.29, 0.717) is 46.7 Å². The summed E-state index contributed by atoms with van der Waals surface area (Å²) in [5.74, 6) is -1.10. The second-order valence-electron chi connectivity index (χ2n) is 8.04. The van der Waals surface area contributed by atoms with Crippen LogP contribution in [0.25, 0.3) is 16.2 Å². The summed E-state index contributed by atoms with van der Waals surface area (Å²) >= 11 is -0.737. The summed E-state index contributed by atoms with van der Waals surface area (Å²) in [6.45, 7) is 2.90. The molecule has 1 fully saturated rings. The van der Waals surface area contributed by atoms with Crippen LogP contribution in [0.4, 0.5) is 19.2 Å². The van der Waals surface area contributed by atoms with Crippen molar-refractivity contribution in [1.82, 2.24) is 24.7 Å². The van der Waals surface area contributed by atoms with E-state index in [4.69, 9.17) is 13.8 Å². The standard InChI is InChI=1S/C20H19F3N6O4S2/c1-11(12-6-8-28(9-7-12)17-25-16(27-33-17)20(21,22)23)32-19-26-29-10-15(24-18(29)34-19)13-2-4-14(5-3-13)35(30)31/h2-5,10-12H,6-9H2,1H3,(H,30,31). The third-order valence-electron chi connectivity index (χ3n) is 5.81. The molecule has 5 rings (SSSR count). The number of anilines is 1. The molecule has 2 atom stereocenters. The quantitative estimate of drug-likeness (QED) is 0.369. The number of imidazole rings is 1. The first kappa shape index (κ1) is 23.7. The van der Waals surface area contributed by atoms with Gasteiger partial charge in [-0.3, -0.25) is 0 Å². The minimum atomic E-state index is -4.64. The maximum absolute atomic E-state index is 12.7. The predicted molar refractivity (Wildman–Crippen MR) is 120 cm³/mol. The van der Waals surface area contributed by atoms with Crippen LogP contribution in [-0.2, 0) is 17.3 Å². The monoisotopic (exact) mass is 528 g/mol. The minimum Gasteiger partial charge on any atom is -0.466 e. The molecule has 4 heterocycles. The van der Waals surface area contributed by atoms with Crippen LogP contribution in [0.15, 0.2) is 39.9 Å². The normalized spacial score (nSPS) is 17.1. The Hall–Kier alpha value is -3.04. The van der Waals surface area contributed by atoms with Gasteiger partial charge in [-0.1, -0.05) is 12.1 Å². The highest BCUT2D eigenvalue weighted by atomic mass is 32.2.